The van der Waals surface area contributed by atoms with E-state index >= 15 is 0 Å². The van der Waals surface area contributed by atoms with Gasteiger partial charge in [-0.25, -0.2) is 0 Å². The van der Waals surface area contributed by atoms with Gasteiger partial charge in [-0.05, 0) is 55.2 Å². The lowest BCUT2D eigenvalue weighted by Gasteiger charge is -2.26. The number of methoxy groups -OCH3 is 1. The molecule has 2 heterocycles. The highest BCUT2D eigenvalue weighted by molar-refractivity contribution is 6.22. The van der Waals surface area contributed by atoms with Crippen molar-refractivity contribution >= 4 is 17.7 Å². The SMILES string of the molecule is CCCCN1C(=O)c2ccc(C(=O)N(Cc3cccc(OC)c3)CC3CCCO3)cc2C1=O. The van der Waals surface area contributed by atoms with E-state index in [-0.39, 0.29) is 23.8 Å². The Kier molecular flexibility index (Phi) is 7.08. The number of benzene rings is 2. The van der Waals surface area contributed by atoms with Crippen LogP contribution < -0.4 is 4.74 Å². The fourth-order valence-electron chi connectivity index (χ4n) is 4.37. The molecule has 2 aromatic rings. The molecule has 2 aromatic carbocycles. The predicted octanol–water partition coefficient (Wildman–Crippen LogP) is 3.91. The quantitative estimate of drug-likeness (QED) is 0.542. The molecule has 7 nitrogen and oxygen atoms in total. The third-order valence-corrected chi connectivity index (χ3v) is 6.20. The highest BCUT2D eigenvalue weighted by atomic mass is 16.5. The molecule has 0 aromatic heterocycles. The molecule has 0 spiro atoms. The lowest BCUT2D eigenvalue weighted by atomic mass is 10.0. The first-order valence-electron chi connectivity index (χ1n) is 11.6. The van der Waals surface area contributed by atoms with Gasteiger partial charge in [-0.2, -0.15) is 0 Å². The summed E-state index contributed by atoms with van der Waals surface area (Å²) in [6.07, 6.45) is 3.52. The molecule has 174 valence electrons. The highest BCUT2D eigenvalue weighted by Gasteiger charge is 2.36. The van der Waals surface area contributed by atoms with E-state index in [4.69, 9.17) is 9.47 Å². The van der Waals surface area contributed by atoms with E-state index in [1.807, 2.05) is 31.2 Å². The average Bonchev–Trinajstić information content (AvgIpc) is 3.43. The summed E-state index contributed by atoms with van der Waals surface area (Å²) in [7, 11) is 1.61. The topological polar surface area (TPSA) is 76.2 Å². The third kappa shape index (κ3) is 4.93. The van der Waals surface area contributed by atoms with E-state index in [1.54, 1.807) is 30.2 Å². The van der Waals surface area contributed by atoms with Crippen molar-refractivity contribution in [3.63, 3.8) is 0 Å². The Morgan fingerprint density at radius 3 is 2.70 bits per heavy atom. The van der Waals surface area contributed by atoms with Crippen molar-refractivity contribution in [2.24, 2.45) is 0 Å². The first-order valence-corrected chi connectivity index (χ1v) is 11.6. The normalized spacial score (nSPS) is 17.4. The van der Waals surface area contributed by atoms with Gasteiger partial charge in [0.15, 0.2) is 0 Å². The number of amides is 3. The molecule has 0 aliphatic carbocycles. The largest absolute Gasteiger partial charge is 0.497 e. The predicted molar refractivity (Wildman–Crippen MR) is 123 cm³/mol. The van der Waals surface area contributed by atoms with Crippen molar-refractivity contribution in [2.75, 3.05) is 26.8 Å². The minimum atomic E-state index is -0.323. The summed E-state index contributed by atoms with van der Waals surface area (Å²) in [5.74, 6) is -0.0687. The number of rotatable bonds is 9. The number of imide groups is 1. The monoisotopic (exact) mass is 450 g/mol. The molecule has 1 unspecified atom stereocenters. The zero-order chi connectivity index (χ0) is 23.4. The molecule has 33 heavy (non-hydrogen) atoms. The number of hydrogen-bond acceptors (Lipinski definition) is 5. The van der Waals surface area contributed by atoms with E-state index in [1.165, 1.54) is 4.90 Å². The smallest absolute Gasteiger partial charge is 0.261 e. The van der Waals surface area contributed by atoms with E-state index in [0.29, 0.717) is 42.9 Å². The fraction of sp³-hybridized carbons (Fsp3) is 0.423. The van der Waals surface area contributed by atoms with Crippen molar-refractivity contribution in [1.82, 2.24) is 9.80 Å². The van der Waals surface area contributed by atoms with Crippen LogP contribution >= 0.6 is 0 Å². The second-order valence-electron chi connectivity index (χ2n) is 8.55. The molecule has 1 atom stereocenters. The molecular weight excluding hydrogens is 420 g/mol. The standard InChI is InChI=1S/C26H30N2O5/c1-3-4-12-28-25(30)22-11-10-19(15-23(22)26(28)31)24(29)27(17-21-9-6-13-33-21)16-18-7-5-8-20(14-18)32-2/h5,7-8,10-11,14-15,21H,3-4,6,9,12-13,16-17H2,1-2H3. The Morgan fingerprint density at radius 2 is 1.97 bits per heavy atom. The van der Waals surface area contributed by atoms with Crippen molar-refractivity contribution in [2.45, 2.75) is 45.3 Å². The maximum Gasteiger partial charge on any atom is 0.261 e. The van der Waals surface area contributed by atoms with Crippen LogP contribution in [-0.4, -0.2) is 60.4 Å². The minimum absolute atomic E-state index is 0.0123. The van der Waals surface area contributed by atoms with Gasteiger partial charge in [-0.15, -0.1) is 0 Å². The van der Waals surface area contributed by atoms with Gasteiger partial charge >= 0.3 is 0 Å². The van der Waals surface area contributed by atoms with Crippen LogP contribution in [-0.2, 0) is 11.3 Å². The number of carbonyl (C=O) groups excluding carboxylic acids is 3. The third-order valence-electron chi connectivity index (χ3n) is 6.20. The maximum absolute atomic E-state index is 13.6. The zero-order valence-corrected chi connectivity index (χ0v) is 19.2. The summed E-state index contributed by atoms with van der Waals surface area (Å²) in [6, 6.07) is 12.4. The maximum atomic E-state index is 13.6. The van der Waals surface area contributed by atoms with E-state index in [0.717, 1.165) is 37.0 Å². The minimum Gasteiger partial charge on any atom is -0.497 e. The Bertz CT molecular complexity index is 1040. The van der Waals surface area contributed by atoms with Crippen LogP contribution in [0.15, 0.2) is 42.5 Å². The van der Waals surface area contributed by atoms with E-state index < -0.39 is 0 Å². The van der Waals surface area contributed by atoms with Gasteiger partial charge in [0.2, 0.25) is 0 Å². The van der Waals surface area contributed by atoms with Gasteiger partial charge in [0, 0.05) is 31.8 Å². The highest BCUT2D eigenvalue weighted by Crippen LogP contribution is 2.26. The number of ether oxygens (including phenoxy) is 2. The molecule has 2 aliphatic heterocycles. The molecular formula is C26H30N2O5. The Labute approximate surface area is 194 Å². The van der Waals surface area contributed by atoms with Crippen LogP contribution in [0.3, 0.4) is 0 Å². The molecule has 0 saturated carbocycles. The van der Waals surface area contributed by atoms with Gasteiger partial charge in [0.25, 0.3) is 17.7 Å². The Hall–Kier alpha value is -3.19. The lowest BCUT2D eigenvalue weighted by molar-refractivity contribution is 0.0507. The molecule has 1 saturated heterocycles. The number of carbonyl (C=O) groups is 3. The fourth-order valence-corrected chi connectivity index (χ4v) is 4.37. The summed E-state index contributed by atoms with van der Waals surface area (Å²) in [4.78, 5) is 42.1. The van der Waals surface area contributed by atoms with Crippen LogP contribution in [0.5, 0.6) is 5.75 Å². The van der Waals surface area contributed by atoms with Crippen LogP contribution in [0, 0.1) is 0 Å². The Balaban J connectivity index is 1.59. The van der Waals surface area contributed by atoms with Gasteiger partial charge in [0.05, 0.1) is 24.3 Å². The molecule has 3 amide bonds. The molecule has 0 radical (unpaired) electrons. The van der Waals surface area contributed by atoms with Crippen molar-refractivity contribution in [1.29, 1.82) is 0 Å². The second-order valence-corrected chi connectivity index (χ2v) is 8.55. The summed E-state index contributed by atoms with van der Waals surface area (Å²) in [6.45, 7) is 3.97. The Morgan fingerprint density at radius 1 is 1.15 bits per heavy atom. The van der Waals surface area contributed by atoms with Gasteiger partial charge < -0.3 is 14.4 Å². The summed E-state index contributed by atoms with van der Waals surface area (Å²) in [5, 5.41) is 0. The number of fused-ring (bicyclic) bond motifs is 1. The first kappa shape index (κ1) is 23.0. The van der Waals surface area contributed by atoms with Gasteiger partial charge in [-0.3, -0.25) is 19.3 Å². The lowest BCUT2D eigenvalue weighted by Crippen LogP contribution is -2.37. The molecule has 2 aliphatic rings. The first-order chi connectivity index (χ1) is 16.0. The number of hydrogen-bond donors (Lipinski definition) is 0. The molecule has 7 heteroatoms. The zero-order valence-electron chi connectivity index (χ0n) is 19.2. The van der Waals surface area contributed by atoms with Gasteiger partial charge in [-0.1, -0.05) is 25.5 Å². The van der Waals surface area contributed by atoms with Crippen LogP contribution in [0.4, 0.5) is 0 Å². The van der Waals surface area contributed by atoms with Gasteiger partial charge in [0.1, 0.15) is 5.75 Å². The van der Waals surface area contributed by atoms with E-state index in [9.17, 15) is 14.4 Å². The second kappa shape index (κ2) is 10.2. The van der Waals surface area contributed by atoms with Crippen LogP contribution in [0.2, 0.25) is 0 Å². The number of nitrogens with zero attached hydrogens (tertiary/aromatic N) is 2. The molecule has 1 fully saturated rings. The van der Waals surface area contributed by atoms with Crippen LogP contribution in [0.1, 0.15) is 69.2 Å². The summed E-state index contributed by atoms with van der Waals surface area (Å²) < 4.78 is 11.1. The van der Waals surface area contributed by atoms with Crippen molar-refractivity contribution in [3.05, 3.63) is 64.7 Å². The summed E-state index contributed by atoms with van der Waals surface area (Å²) in [5.41, 5.74) is 2.01. The number of unbranched alkanes of at least 4 members (excludes halogenated alkanes) is 1. The summed E-state index contributed by atoms with van der Waals surface area (Å²) >= 11 is 0. The molecule has 4 rings (SSSR count). The molecule has 0 N–H and O–H groups in total. The molecule has 0 bridgehead atoms. The average molecular weight is 451 g/mol. The van der Waals surface area contributed by atoms with Crippen molar-refractivity contribution in [3.8, 4) is 5.75 Å². The van der Waals surface area contributed by atoms with Crippen LogP contribution in [0.25, 0.3) is 0 Å². The van der Waals surface area contributed by atoms with Crippen molar-refractivity contribution < 1.29 is 23.9 Å². The van der Waals surface area contributed by atoms with E-state index in [2.05, 4.69) is 0 Å².